The van der Waals surface area contributed by atoms with Crippen LogP contribution in [0.5, 0.6) is 5.75 Å². The van der Waals surface area contributed by atoms with Crippen molar-refractivity contribution in [2.75, 3.05) is 6.54 Å². The van der Waals surface area contributed by atoms with Gasteiger partial charge in [-0.05, 0) is 50.3 Å². The Morgan fingerprint density at radius 1 is 1.29 bits per heavy atom. The minimum atomic E-state index is -4.73. The van der Waals surface area contributed by atoms with Crippen LogP contribution in [0.4, 0.5) is 13.2 Å². The van der Waals surface area contributed by atoms with Crippen molar-refractivity contribution in [2.24, 2.45) is 5.92 Å². The highest BCUT2D eigenvalue weighted by Gasteiger charge is 2.46. The van der Waals surface area contributed by atoms with E-state index in [1.165, 1.54) is 12.1 Å². The molecular formula is C17H21F3N2O2. The number of hydrogen-bond donors (Lipinski definition) is 2. The van der Waals surface area contributed by atoms with Gasteiger partial charge in [-0.1, -0.05) is 18.2 Å². The first-order chi connectivity index (χ1) is 11.3. The van der Waals surface area contributed by atoms with Crippen molar-refractivity contribution in [2.45, 2.75) is 50.6 Å². The van der Waals surface area contributed by atoms with Crippen molar-refractivity contribution in [3.63, 3.8) is 0 Å². The van der Waals surface area contributed by atoms with Crippen LogP contribution >= 0.6 is 0 Å². The zero-order chi connectivity index (χ0) is 17.3. The third-order valence-corrected chi connectivity index (χ3v) is 4.64. The number of rotatable bonds is 4. The molecule has 1 saturated heterocycles. The van der Waals surface area contributed by atoms with Crippen LogP contribution in [0.3, 0.4) is 0 Å². The Morgan fingerprint density at radius 2 is 2.04 bits per heavy atom. The molecule has 7 heteroatoms. The summed E-state index contributed by atoms with van der Waals surface area (Å²) in [6.07, 6.45) is -2.42. The van der Waals surface area contributed by atoms with Crippen molar-refractivity contribution in [3.8, 4) is 5.75 Å². The molecule has 1 saturated carbocycles. The fraction of sp³-hybridized carbons (Fsp3) is 0.588. The van der Waals surface area contributed by atoms with E-state index in [9.17, 15) is 18.0 Å². The summed E-state index contributed by atoms with van der Waals surface area (Å²) in [7, 11) is 0. The van der Waals surface area contributed by atoms with Crippen LogP contribution in [0.15, 0.2) is 24.3 Å². The molecule has 3 rings (SSSR count). The van der Waals surface area contributed by atoms with Gasteiger partial charge in [0.05, 0.1) is 0 Å². The van der Waals surface area contributed by atoms with Crippen molar-refractivity contribution < 1.29 is 22.7 Å². The number of para-hydroxylation sites is 1. The average molecular weight is 342 g/mol. The number of carbonyl (C=O) groups excluding carboxylic acids is 1. The SMILES string of the molecule is CC1CC(NC(=O)C2CC2c2ccccc2OC(F)(F)F)CCN1. The van der Waals surface area contributed by atoms with Crippen LogP contribution in [0.25, 0.3) is 0 Å². The monoisotopic (exact) mass is 342 g/mol. The predicted molar refractivity (Wildman–Crippen MR) is 82.6 cm³/mol. The lowest BCUT2D eigenvalue weighted by molar-refractivity contribution is -0.274. The van der Waals surface area contributed by atoms with Crippen molar-refractivity contribution >= 4 is 5.91 Å². The van der Waals surface area contributed by atoms with Gasteiger partial charge < -0.3 is 15.4 Å². The van der Waals surface area contributed by atoms with Gasteiger partial charge in [-0.15, -0.1) is 13.2 Å². The van der Waals surface area contributed by atoms with Gasteiger partial charge in [0, 0.05) is 18.0 Å². The molecule has 132 valence electrons. The molecule has 0 aromatic heterocycles. The first kappa shape index (κ1) is 17.1. The van der Waals surface area contributed by atoms with Crippen molar-refractivity contribution in [1.82, 2.24) is 10.6 Å². The quantitative estimate of drug-likeness (QED) is 0.885. The number of hydrogen-bond acceptors (Lipinski definition) is 3. The van der Waals surface area contributed by atoms with Crippen molar-refractivity contribution in [3.05, 3.63) is 29.8 Å². The Labute approximate surface area is 138 Å². The lowest BCUT2D eigenvalue weighted by Crippen LogP contribution is -2.47. The fourth-order valence-electron chi connectivity index (χ4n) is 3.40. The first-order valence-corrected chi connectivity index (χ1v) is 8.22. The second-order valence-corrected chi connectivity index (χ2v) is 6.62. The largest absolute Gasteiger partial charge is 0.573 e. The number of amides is 1. The minimum absolute atomic E-state index is 0.0686. The first-order valence-electron chi connectivity index (χ1n) is 8.22. The van der Waals surface area contributed by atoms with E-state index in [4.69, 9.17) is 0 Å². The Bertz CT molecular complexity index is 606. The molecule has 4 unspecified atom stereocenters. The molecule has 2 fully saturated rings. The molecular weight excluding hydrogens is 321 g/mol. The van der Waals surface area contributed by atoms with Gasteiger partial charge in [0.25, 0.3) is 0 Å². The van der Waals surface area contributed by atoms with Gasteiger partial charge in [0.2, 0.25) is 5.91 Å². The van der Waals surface area contributed by atoms with Gasteiger partial charge in [-0.25, -0.2) is 0 Å². The van der Waals surface area contributed by atoms with Gasteiger partial charge in [-0.2, -0.15) is 0 Å². The number of ether oxygens (including phenoxy) is 1. The molecule has 1 aromatic carbocycles. The molecule has 24 heavy (non-hydrogen) atoms. The number of alkyl halides is 3. The highest BCUT2D eigenvalue weighted by Crippen LogP contribution is 2.51. The minimum Gasteiger partial charge on any atom is -0.405 e. The maximum Gasteiger partial charge on any atom is 0.573 e. The predicted octanol–water partition coefficient (Wildman–Crippen LogP) is 2.95. The molecule has 1 aromatic rings. The summed E-state index contributed by atoms with van der Waals surface area (Å²) in [4.78, 5) is 12.4. The topological polar surface area (TPSA) is 50.4 Å². The van der Waals surface area contributed by atoms with E-state index in [-0.39, 0.29) is 29.5 Å². The second kappa shape index (κ2) is 6.63. The molecule has 1 amide bonds. The van der Waals surface area contributed by atoms with E-state index >= 15 is 0 Å². The molecule has 1 heterocycles. The molecule has 4 nitrogen and oxygen atoms in total. The molecule has 0 bridgehead atoms. The summed E-state index contributed by atoms with van der Waals surface area (Å²) >= 11 is 0. The number of piperidine rings is 1. The fourth-order valence-corrected chi connectivity index (χ4v) is 3.40. The van der Waals surface area contributed by atoms with Gasteiger partial charge >= 0.3 is 6.36 Å². The Kier molecular flexibility index (Phi) is 4.71. The van der Waals surface area contributed by atoms with E-state index in [1.807, 2.05) is 0 Å². The number of nitrogens with one attached hydrogen (secondary N) is 2. The van der Waals surface area contributed by atoms with E-state index in [0.29, 0.717) is 18.0 Å². The molecule has 2 aliphatic rings. The molecule has 0 spiro atoms. The van der Waals surface area contributed by atoms with E-state index in [2.05, 4.69) is 22.3 Å². The Hall–Kier alpha value is -1.76. The smallest absolute Gasteiger partial charge is 0.405 e. The summed E-state index contributed by atoms with van der Waals surface area (Å²) in [5.41, 5.74) is 0.452. The summed E-state index contributed by atoms with van der Waals surface area (Å²) in [6.45, 7) is 2.94. The molecule has 1 aliphatic heterocycles. The summed E-state index contributed by atoms with van der Waals surface area (Å²) in [5, 5.41) is 6.36. The van der Waals surface area contributed by atoms with Crippen LogP contribution in [0.2, 0.25) is 0 Å². The second-order valence-electron chi connectivity index (χ2n) is 6.62. The zero-order valence-corrected chi connectivity index (χ0v) is 13.4. The molecule has 0 radical (unpaired) electrons. The molecule has 2 N–H and O–H groups in total. The Morgan fingerprint density at radius 3 is 2.75 bits per heavy atom. The standard InChI is InChI=1S/C17H21F3N2O2/c1-10-8-11(6-7-21-10)22-16(23)14-9-13(14)12-4-2-3-5-15(12)24-17(18,19)20/h2-5,10-11,13-14,21H,6-9H2,1H3,(H,22,23). The molecule has 4 atom stereocenters. The number of carbonyl (C=O) groups is 1. The molecule has 1 aliphatic carbocycles. The van der Waals surface area contributed by atoms with Gasteiger partial charge in [0.15, 0.2) is 0 Å². The van der Waals surface area contributed by atoms with Crippen LogP contribution in [-0.2, 0) is 4.79 Å². The Balaban J connectivity index is 1.61. The van der Waals surface area contributed by atoms with Gasteiger partial charge in [-0.3, -0.25) is 4.79 Å². The normalized spacial score (nSPS) is 29.8. The summed E-state index contributed by atoms with van der Waals surface area (Å²) in [5.74, 6) is -0.752. The zero-order valence-electron chi connectivity index (χ0n) is 13.4. The third-order valence-electron chi connectivity index (χ3n) is 4.64. The number of halogens is 3. The van der Waals surface area contributed by atoms with E-state index in [0.717, 1.165) is 19.4 Å². The van der Waals surface area contributed by atoms with Crippen molar-refractivity contribution in [1.29, 1.82) is 0 Å². The maximum absolute atomic E-state index is 12.5. The third kappa shape index (κ3) is 4.20. The van der Waals surface area contributed by atoms with Crippen LogP contribution in [0, 0.1) is 5.92 Å². The van der Waals surface area contributed by atoms with Crippen LogP contribution in [0.1, 0.15) is 37.7 Å². The van der Waals surface area contributed by atoms with E-state index in [1.54, 1.807) is 12.1 Å². The maximum atomic E-state index is 12.5. The van der Waals surface area contributed by atoms with Gasteiger partial charge in [0.1, 0.15) is 5.75 Å². The van der Waals surface area contributed by atoms with Crippen LogP contribution in [-0.4, -0.2) is 30.9 Å². The average Bonchev–Trinajstić information content (AvgIpc) is 3.26. The van der Waals surface area contributed by atoms with E-state index < -0.39 is 6.36 Å². The lowest BCUT2D eigenvalue weighted by Gasteiger charge is -2.28. The summed E-state index contributed by atoms with van der Waals surface area (Å²) < 4.78 is 41.6. The highest BCUT2D eigenvalue weighted by atomic mass is 19.4. The lowest BCUT2D eigenvalue weighted by atomic mass is 10.00. The summed E-state index contributed by atoms with van der Waals surface area (Å²) in [6, 6.07) is 6.56. The highest BCUT2D eigenvalue weighted by molar-refractivity contribution is 5.83. The van der Waals surface area contributed by atoms with Crippen LogP contribution < -0.4 is 15.4 Å². The number of benzene rings is 1.